The van der Waals surface area contributed by atoms with Gasteiger partial charge in [-0.15, -0.1) is 0 Å². The van der Waals surface area contributed by atoms with Crippen LogP contribution in [0.1, 0.15) is 42.0 Å². The lowest BCUT2D eigenvalue weighted by atomic mass is 9.60. The summed E-state index contributed by atoms with van der Waals surface area (Å²) in [6.07, 6.45) is 4.02. The molecule has 1 heterocycles. The summed E-state index contributed by atoms with van der Waals surface area (Å²) in [6, 6.07) is 15.1. The van der Waals surface area contributed by atoms with E-state index in [1.807, 2.05) is 29.0 Å². The number of fused-ring (bicyclic) bond motifs is 3. The van der Waals surface area contributed by atoms with Crippen LogP contribution in [0.3, 0.4) is 0 Å². The van der Waals surface area contributed by atoms with E-state index in [1.165, 1.54) is 17.7 Å². The van der Waals surface area contributed by atoms with Gasteiger partial charge in [0.05, 0.1) is 6.04 Å². The van der Waals surface area contributed by atoms with Crippen LogP contribution in [0.2, 0.25) is 0 Å². The van der Waals surface area contributed by atoms with Crippen LogP contribution in [0, 0.1) is 17.7 Å². The molecule has 3 atom stereocenters. The van der Waals surface area contributed by atoms with E-state index in [1.54, 1.807) is 12.1 Å². The number of carbonyl (C=O) groups excluding carboxylic acids is 1. The van der Waals surface area contributed by atoms with Gasteiger partial charge in [-0.3, -0.25) is 0 Å². The third-order valence-electron chi connectivity index (χ3n) is 7.39. The lowest BCUT2D eigenvalue weighted by Crippen LogP contribution is -2.60. The van der Waals surface area contributed by atoms with Crippen molar-refractivity contribution in [2.24, 2.45) is 17.6 Å². The first-order chi connectivity index (χ1) is 14.0. The maximum Gasteiger partial charge on any atom is 0.320 e. The number of urea groups is 1. The van der Waals surface area contributed by atoms with Crippen LogP contribution in [0.25, 0.3) is 0 Å². The zero-order valence-corrected chi connectivity index (χ0v) is 16.8. The second-order valence-corrected chi connectivity index (χ2v) is 8.95. The normalized spacial score (nSPS) is 30.3. The van der Waals surface area contributed by atoms with Gasteiger partial charge in [-0.2, -0.15) is 0 Å². The molecule has 2 N–H and O–H groups in total. The van der Waals surface area contributed by atoms with Gasteiger partial charge >= 0.3 is 6.03 Å². The van der Waals surface area contributed by atoms with Crippen molar-refractivity contribution < 1.29 is 9.18 Å². The van der Waals surface area contributed by atoms with Crippen molar-refractivity contribution in [2.45, 2.75) is 43.8 Å². The number of halogens is 1. The van der Waals surface area contributed by atoms with Crippen LogP contribution < -0.4 is 5.73 Å². The van der Waals surface area contributed by atoms with Crippen molar-refractivity contribution in [1.29, 1.82) is 0 Å². The largest absolute Gasteiger partial charge is 0.327 e. The third kappa shape index (κ3) is 3.12. The molecule has 29 heavy (non-hydrogen) atoms. The fourth-order valence-electron chi connectivity index (χ4n) is 5.63. The molecule has 1 aliphatic heterocycles. The minimum atomic E-state index is -0.261. The first-order valence-corrected chi connectivity index (χ1v) is 10.6. The summed E-state index contributed by atoms with van der Waals surface area (Å²) in [5.41, 5.74) is 9.67. The molecule has 0 aromatic heterocycles. The molecule has 6 rings (SSSR count). The fraction of sp³-hybridized carbons (Fsp3) is 0.458. The molecule has 152 valence electrons. The Balaban J connectivity index is 1.47. The van der Waals surface area contributed by atoms with Gasteiger partial charge in [0.15, 0.2) is 0 Å². The van der Waals surface area contributed by atoms with Crippen LogP contribution in [0.15, 0.2) is 48.5 Å². The van der Waals surface area contributed by atoms with Crippen molar-refractivity contribution in [3.8, 4) is 0 Å². The molecule has 3 aliphatic carbocycles. The highest BCUT2D eigenvalue weighted by Crippen LogP contribution is 2.47. The first-order valence-electron chi connectivity index (χ1n) is 10.6. The van der Waals surface area contributed by atoms with Crippen LogP contribution in [0.4, 0.5) is 9.18 Å². The van der Waals surface area contributed by atoms with E-state index >= 15 is 0 Å². The third-order valence-corrected chi connectivity index (χ3v) is 7.39. The predicted octanol–water partition coefficient (Wildman–Crippen LogP) is 3.95. The summed E-state index contributed by atoms with van der Waals surface area (Å²) < 4.78 is 13.6. The topological polar surface area (TPSA) is 49.6 Å². The number of benzene rings is 2. The molecular formula is C24H28FN3O. The Bertz CT molecular complexity index is 909. The van der Waals surface area contributed by atoms with E-state index in [-0.39, 0.29) is 30.0 Å². The summed E-state index contributed by atoms with van der Waals surface area (Å²) in [7, 11) is 1.93. The average molecular weight is 394 g/mol. The summed E-state index contributed by atoms with van der Waals surface area (Å²) in [5.74, 6) is 0.965. The Morgan fingerprint density at radius 1 is 1.07 bits per heavy atom. The van der Waals surface area contributed by atoms with Crippen LogP contribution >= 0.6 is 0 Å². The van der Waals surface area contributed by atoms with Gasteiger partial charge in [-0.1, -0.05) is 36.4 Å². The molecule has 5 heteroatoms. The first kappa shape index (κ1) is 18.6. The van der Waals surface area contributed by atoms with Gasteiger partial charge in [-0.05, 0) is 66.3 Å². The standard InChI is InChI=1S/C24H28FN3O/c1-27(22-14-21(26)17-12-18(22)13-17)24(29)28-11-10-15-4-2-3-5-20(15)23(28)16-6-8-19(25)9-7-16/h2-9,17-18,21-23H,10-14,26H2,1H3/t17?,18?,21?,22-,23+/m1/s1. The number of nitrogens with zero attached hydrogens (tertiary/aromatic N) is 2. The molecule has 3 fully saturated rings. The Morgan fingerprint density at radius 3 is 2.52 bits per heavy atom. The van der Waals surface area contributed by atoms with Gasteiger partial charge in [0, 0.05) is 25.7 Å². The number of rotatable bonds is 2. The molecule has 1 unspecified atom stereocenters. The van der Waals surface area contributed by atoms with E-state index in [0.29, 0.717) is 18.4 Å². The van der Waals surface area contributed by atoms with Crippen molar-refractivity contribution in [2.75, 3.05) is 13.6 Å². The zero-order valence-electron chi connectivity index (χ0n) is 16.8. The Kier molecular flexibility index (Phi) is 4.58. The molecular weight excluding hydrogens is 365 g/mol. The van der Waals surface area contributed by atoms with E-state index in [0.717, 1.165) is 36.8 Å². The van der Waals surface area contributed by atoms with Crippen molar-refractivity contribution in [3.05, 3.63) is 71.0 Å². The maximum atomic E-state index is 13.7. The summed E-state index contributed by atoms with van der Waals surface area (Å²) >= 11 is 0. The number of hydrogen-bond acceptors (Lipinski definition) is 2. The SMILES string of the molecule is CN(C(=O)N1CCc2ccccc2[C@@H]1c1ccc(F)cc1)[C@@H]1CC(N)C2CC1C2. The molecule has 3 saturated carbocycles. The van der Waals surface area contributed by atoms with Crippen molar-refractivity contribution in [3.63, 3.8) is 0 Å². The quantitative estimate of drug-likeness (QED) is 0.840. The van der Waals surface area contributed by atoms with E-state index in [9.17, 15) is 9.18 Å². The molecule has 4 aliphatic rings. The molecule has 2 amide bonds. The zero-order chi connectivity index (χ0) is 20.1. The Morgan fingerprint density at radius 2 is 1.79 bits per heavy atom. The van der Waals surface area contributed by atoms with Gasteiger partial charge < -0.3 is 15.5 Å². The number of amides is 2. The molecule has 2 aromatic rings. The van der Waals surface area contributed by atoms with Crippen LogP contribution in [-0.4, -0.2) is 41.5 Å². The molecule has 0 radical (unpaired) electrons. The number of nitrogens with two attached hydrogens (primary N) is 1. The van der Waals surface area contributed by atoms with Crippen LogP contribution in [0.5, 0.6) is 0 Å². The second-order valence-electron chi connectivity index (χ2n) is 8.95. The highest BCUT2D eigenvalue weighted by atomic mass is 19.1. The number of hydrogen-bond donors (Lipinski definition) is 1. The van der Waals surface area contributed by atoms with E-state index in [4.69, 9.17) is 5.73 Å². The van der Waals surface area contributed by atoms with Crippen LogP contribution in [-0.2, 0) is 6.42 Å². The van der Waals surface area contributed by atoms with Gasteiger partial charge in [0.2, 0.25) is 0 Å². The lowest BCUT2D eigenvalue weighted by molar-refractivity contribution is 0.00509. The summed E-state index contributed by atoms with van der Waals surface area (Å²) in [5, 5.41) is 0. The molecule has 2 bridgehead atoms. The Hall–Kier alpha value is -2.40. The lowest BCUT2D eigenvalue weighted by Gasteiger charge is -2.53. The highest BCUT2D eigenvalue weighted by Gasteiger charge is 2.48. The van der Waals surface area contributed by atoms with Gasteiger partial charge in [-0.25, -0.2) is 9.18 Å². The highest BCUT2D eigenvalue weighted by molar-refractivity contribution is 5.76. The fourth-order valence-corrected chi connectivity index (χ4v) is 5.63. The molecule has 0 spiro atoms. The van der Waals surface area contributed by atoms with E-state index < -0.39 is 0 Å². The molecule has 2 aromatic carbocycles. The molecule has 0 saturated heterocycles. The Labute approximate surface area is 171 Å². The summed E-state index contributed by atoms with van der Waals surface area (Å²) in [4.78, 5) is 17.6. The number of carbonyl (C=O) groups is 1. The second kappa shape index (κ2) is 7.13. The average Bonchev–Trinajstić information content (AvgIpc) is 2.71. The minimum Gasteiger partial charge on any atom is -0.327 e. The smallest absolute Gasteiger partial charge is 0.320 e. The maximum absolute atomic E-state index is 13.7. The monoisotopic (exact) mass is 393 g/mol. The minimum absolute atomic E-state index is 0.0522. The van der Waals surface area contributed by atoms with Crippen molar-refractivity contribution in [1.82, 2.24) is 9.80 Å². The molecule has 4 nitrogen and oxygen atoms in total. The predicted molar refractivity (Wildman–Crippen MR) is 111 cm³/mol. The van der Waals surface area contributed by atoms with Gasteiger partial charge in [0.25, 0.3) is 0 Å². The van der Waals surface area contributed by atoms with Gasteiger partial charge in [0.1, 0.15) is 5.82 Å². The van der Waals surface area contributed by atoms with Crippen molar-refractivity contribution >= 4 is 6.03 Å². The summed E-state index contributed by atoms with van der Waals surface area (Å²) in [6.45, 7) is 0.661. The van der Waals surface area contributed by atoms with E-state index in [2.05, 4.69) is 12.1 Å².